The summed E-state index contributed by atoms with van der Waals surface area (Å²) in [4.78, 5) is 3.34. The summed E-state index contributed by atoms with van der Waals surface area (Å²) in [5.41, 5.74) is -0.924. The largest absolute Gasteiger partial charge is 0.507 e. The zero-order valence-corrected chi connectivity index (χ0v) is 9.37. The Hall–Kier alpha value is -2.37. The molecule has 0 aromatic heterocycles. The monoisotopic (exact) mass is 269 g/mol. The van der Waals surface area contributed by atoms with Crippen molar-refractivity contribution in [3.63, 3.8) is 0 Å². The van der Waals surface area contributed by atoms with E-state index in [2.05, 4.69) is 4.99 Å². The Morgan fingerprint density at radius 3 is 2.11 bits per heavy atom. The summed E-state index contributed by atoms with van der Waals surface area (Å²) >= 11 is 0. The number of aliphatic imine (C=N–C) groups is 1. The minimum atomic E-state index is -1.59. The van der Waals surface area contributed by atoms with Crippen LogP contribution in [0.4, 0.5) is 23.2 Å². The van der Waals surface area contributed by atoms with Crippen LogP contribution in [0.5, 0.6) is 5.75 Å². The third kappa shape index (κ3) is 2.57. The van der Waals surface area contributed by atoms with Gasteiger partial charge in [-0.05, 0) is 12.1 Å². The number of benzene rings is 2. The number of halogens is 4. The molecule has 0 atom stereocenters. The van der Waals surface area contributed by atoms with Crippen molar-refractivity contribution in [2.75, 3.05) is 0 Å². The van der Waals surface area contributed by atoms with Crippen molar-refractivity contribution in [1.29, 1.82) is 0 Å². The molecule has 0 bridgehead atoms. The van der Waals surface area contributed by atoms with Crippen LogP contribution < -0.4 is 0 Å². The zero-order chi connectivity index (χ0) is 14.0. The zero-order valence-electron chi connectivity index (χ0n) is 9.37. The van der Waals surface area contributed by atoms with Crippen LogP contribution in [-0.2, 0) is 0 Å². The van der Waals surface area contributed by atoms with Gasteiger partial charge in [0.2, 0.25) is 0 Å². The molecule has 0 unspecified atom stereocenters. The normalized spacial score (nSPS) is 11.2. The van der Waals surface area contributed by atoms with Gasteiger partial charge in [-0.3, -0.25) is 0 Å². The first kappa shape index (κ1) is 13.1. The van der Waals surface area contributed by atoms with Gasteiger partial charge >= 0.3 is 0 Å². The molecule has 1 N–H and O–H groups in total. The number of aromatic hydroxyl groups is 1. The van der Waals surface area contributed by atoms with Crippen molar-refractivity contribution in [3.8, 4) is 5.75 Å². The lowest BCUT2D eigenvalue weighted by Crippen LogP contribution is -1.94. The molecule has 0 aliphatic heterocycles. The van der Waals surface area contributed by atoms with E-state index in [4.69, 9.17) is 0 Å². The molecular weight excluding hydrogens is 262 g/mol. The number of nitrogens with zero attached hydrogens (tertiary/aromatic N) is 1. The van der Waals surface area contributed by atoms with Gasteiger partial charge in [-0.2, -0.15) is 0 Å². The molecule has 2 aromatic rings. The number of phenolic OH excluding ortho intramolecular Hbond substituents is 1. The van der Waals surface area contributed by atoms with Crippen molar-refractivity contribution >= 4 is 11.9 Å². The van der Waals surface area contributed by atoms with E-state index in [1.165, 1.54) is 18.2 Å². The Bertz CT molecular complexity index is 629. The van der Waals surface area contributed by atoms with Crippen molar-refractivity contribution in [2.45, 2.75) is 0 Å². The summed E-state index contributed by atoms with van der Waals surface area (Å²) in [6, 6.07) is 5.95. The lowest BCUT2D eigenvalue weighted by atomic mass is 10.2. The molecule has 0 saturated carbocycles. The SMILES string of the molecule is Oc1ccccc1C=Nc1c(F)c(F)cc(F)c1F. The quantitative estimate of drug-likeness (QED) is 0.503. The van der Waals surface area contributed by atoms with Crippen LogP contribution in [0.25, 0.3) is 0 Å². The third-order valence-corrected chi connectivity index (χ3v) is 2.36. The third-order valence-electron chi connectivity index (χ3n) is 2.36. The maximum absolute atomic E-state index is 13.3. The standard InChI is InChI=1S/C13H7F4NO/c14-8-5-9(15)12(17)13(11(8)16)18-6-7-3-1-2-4-10(7)19/h1-6,19H. The number of hydrogen-bond acceptors (Lipinski definition) is 2. The Morgan fingerprint density at radius 1 is 0.947 bits per heavy atom. The lowest BCUT2D eigenvalue weighted by Gasteiger charge is -2.02. The van der Waals surface area contributed by atoms with Crippen LogP contribution in [0, 0.1) is 23.3 Å². The topological polar surface area (TPSA) is 32.6 Å². The highest BCUT2D eigenvalue weighted by atomic mass is 19.2. The molecule has 0 aliphatic carbocycles. The van der Waals surface area contributed by atoms with Crippen LogP contribution in [-0.4, -0.2) is 11.3 Å². The maximum atomic E-state index is 13.3. The first-order valence-electron chi connectivity index (χ1n) is 5.15. The van der Waals surface area contributed by atoms with E-state index in [1.807, 2.05) is 0 Å². The van der Waals surface area contributed by atoms with E-state index < -0.39 is 29.0 Å². The second kappa shape index (κ2) is 5.09. The van der Waals surface area contributed by atoms with E-state index in [1.54, 1.807) is 6.07 Å². The molecule has 2 aromatic carbocycles. The summed E-state index contributed by atoms with van der Waals surface area (Å²) in [7, 11) is 0. The number of hydrogen-bond donors (Lipinski definition) is 1. The predicted octanol–water partition coefficient (Wildman–Crippen LogP) is 3.70. The summed E-state index contributed by atoms with van der Waals surface area (Å²) in [5, 5.41) is 9.41. The van der Waals surface area contributed by atoms with Crippen LogP contribution in [0.2, 0.25) is 0 Å². The second-order valence-electron chi connectivity index (χ2n) is 3.63. The minimum absolute atomic E-state index is 0.101. The van der Waals surface area contributed by atoms with Gasteiger partial charge in [0, 0.05) is 17.8 Å². The molecule has 0 heterocycles. The molecule has 0 spiro atoms. The average molecular weight is 269 g/mol. The van der Waals surface area contributed by atoms with Crippen molar-refractivity contribution in [2.24, 2.45) is 4.99 Å². The van der Waals surface area contributed by atoms with Gasteiger partial charge in [0.05, 0.1) is 0 Å². The Kier molecular flexibility index (Phi) is 3.50. The smallest absolute Gasteiger partial charge is 0.187 e. The van der Waals surface area contributed by atoms with E-state index in [-0.39, 0.29) is 17.4 Å². The molecule has 98 valence electrons. The Morgan fingerprint density at radius 2 is 1.53 bits per heavy atom. The van der Waals surface area contributed by atoms with Gasteiger partial charge in [0.25, 0.3) is 0 Å². The Labute approximate surface area is 105 Å². The Balaban J connectivity index is 2.47. The second-order valence-corrected chi connectivity index (χ2v) is 3.63. The highest BCUT2D eigenvalue weighted by molar-refractivity contribution is 5.85. The van der Waals surface area contributed by atoms with Crippen LogP contribution in [0.15, 0.2) is 35.3 Å². The summed E-state index contributed by atoms with van der Waals surface area (Å²) in [6.45, 7) is 0. The van der Waals surface area contributed by atoms with E-state index in [9.17, 15) is 22.7 Å². The highest BCUT2D eigenvalue weighted by Gasteiger charge is 2.18. The van der Waals surface area contributed by atoms with Crippen molar-refractivity contribution in [1.82, 2.24) is 0 Å². The number of para-hydroxylation sites is 1. The predicted molar refractivity (Wildman–Crippen MR) is 61.6 cm³/mol. The number of rotatable bonds is 2. The van der Waals surface area contributed by atoms with E-state index in [0.717, 1.165) is 6.21 Å². The molecule has 0 saturated heterocycles. The van der Waals surface area contributed by atoms with Crippen LogP contribution in [0.1, 0.15) is 5.56 Å². The minimum Gasteiger partial charge on any atom is -0.507 e. The number of phenols is 1. The molecule has 0 fully saturated rings. The first-order chi connectivity index (χ1) is 9.00. The molecule has 0 amide bonds. The summed E-state index contributed by atoms with van der Waals surface area (Å²) < 4.78 is 52.4. The molecule has 0 aliphatic rings. The van der Waals surface area contributed by atoms with Gasteiger partial charge in [0.1, 0.15) is 11.4 Å². The summed E-state index contributed by atoms with van der Waals surface area (Å²) in [5.74, 6) is -6.44. The van der Waals surface area contributed by atoms with Crippen LogP contribution in [0.3, 0.4) is 0 Å². The average Bonchev–Trinajstić information content (AvgIpc) is 2.38. The first-order valence-corrected chi connectivity index (χ1v) is 5.15. The van der Waals surface area contributed by atoms with Crippen molar-refractivity contribution in [3.05, 3.63) is 59.2 Å². The molecule has 2 rings (SSSR count). The fraction of sp³-hybridized carbons (Fsp3) is 0. The van der Waals surface area contributed by atoms with Gasteiger partial charge in [-0.1, -0.05) is 12.1 Å². The van der Waals surface area contributed by atoms with Crippen molar-refractivity contribution < 1.29 is 22.7 Å². The van der Waals surface area contributed by atoms with E-state index >= 15 is 0 Å². The van der Waals surface area contributed by atoms with E-state index in [0.29, 0.717) is 0 Å². The fourth-order valence-corrected chi connectivity index (χ4v) is 1.40. The molecule has 2 nitrogen and oxygen atoms in total. The lowest BCUT2D eigenvalue weighted by molar-refractivity contribution is 0.457. The van der Waals surface area contributed by atoms with Crippen LogP contribution >= 0.6 is 0 Å². The molecule has 19 heavy (non-hydrogen) atoms. The summed E-state index contributed by atoms with van der Waals surface area (Å²) in [6.07, 6.45) is 0.912. The van der Waals surface area contributed by atoms with Gasteiger partial charge in [-0.25, -0.2) is 22.6 Å². The van der Waals surface area contributed by atoms with Gasteiger partial charge in [0.15, 0.2) is 23.3 Å². The van der Waals surface area contributed by atoms with Gasteiger partial charge < -0.3 is 5.11 Å². The molecule has 0 radical (unpaired) electrons. The molecular formula is C13H7F4NO. The maximum Gasteiger partial charge on any atom is 0.187 e. The highest BCUT2D eigenvalue weighted by Crippen LogP contribution is 2.27. The molecule has 6 heteroatoms. The fourth-order valence-electron chi connectivity index (χ4n) is 1.40. The van der Waals surface area contributed by atoms with Gasteiger partial charge in [-0.15, -0.1) is 0 Å².